The zero-order chi connectivity index (χ0) is 19.5. The lowest BCUT2D eigenvalue weighted by atomic mass is 9.96. The smallest absolute Gasteiger partial charge is 0.242 e. The molecule has 0 saturated heterocycles. The summed E-state index contributed by atoms with van der Waals surface area (Å²) in [6.45, 7) is 9.26. The highest BCUT2D eigenvalue weighted by atomic mass is 16.5. The Morgan fingerprint density at radius 3 is 2.19 bits per heavy atom. The van der Waals surface area contributed by atoms with Crippen LogP contribution in [-0.4, -0.2) is 30.5 Å². The molecule has 5 heteroatoms. The molecule has 2 rings (SSSR count). The summed E-state index contributed by atoms with van der Waals surface area (Å²) < 4.78 is 5.24. The molecule has 0 aliphatic rings. The second-order valence-corrected chi connectivity index (χ2v) is 7.66. The first-order chi connectivity index (χ1) is 12.1. The van der Waals surface area contributed by atoms with Crippen molar-refractivity contribution < 1.29 is 14.3 Å². The number of methoxy groups -OCH3 is 1. The van der Waals surface area contributed by atoms with E-state index in [1.54, 1.807) is 14.0 Å². The Hall–Kier alpha value is -2.56. The molecule has 0 aliphatic carbocycles. The van der Waals surface area contributed by atoms with Crippen LogP contribution in [-0.2, 0) is 9.59 Å². The van der Waals surface area contributed by atoms with Gasteiger partial charge in [-0.05, 0) is 63.1 Å². The first-order valence-corrected chi connectivity index (χ1v) is 8.81. The Labute approximate surface area is 155 Å². The Morgan fingerprint density at radius 2 is 1.58 bits per heavy atom. The lowest BCUT2D eigenvalue weighted by Gasteiger charge is -2.24. The quantitative estimate of drug-likeness (QED) is 0.863. The van der Waals surface area contributed by atoms with E-state index < -0.39 is 6.04 Å². The van der Waals surface area contributed by atoms with E-state index in [0.717, 1.165) is 22.1 Å². The molecule has 140 valence electrons. The van der Waals surface area contributed by atoms with Crippen LogP contribution in [0.1, 0.15) is 46.1 Å². The van der Waals surface area contributed by atoms with Crippen LogP contribution in [0.2, 0.25) is 0 Å². The number of hydrogen-bond acceptors (Lipinski definition) is 3. The van der Waals surface area contributed by atoms with E-state index in [4.69, 9.17) is 4.74 Å². The van der Waals surface area contributed by atoms with Gasteiger partial charge in [0.2, 0.25) is 11.8 Å². The van der Waals surface area contributed by atoms with Crippen LogP contribution in [0.4, 0.5) is 0 Å². The summed E-state index contributed by atoms with van der Waals surface area (Å²) in [6, 6.07) is 11.2. The molecular formula is C21H28N2O3. The SMILES string of the molecule is COc1ccc2cc([C@H](C)C(=O)NC(C)C(=O)NC(C)(C)C)ccc2c1. The second kappa shape index (κ2) is 7.77. The largest absolute Gasteiger partial charge is 0.497 e. The molecule has 2 amide bonds. The normalized spacial score (nSPS) is 13.8. The molecule has 0 spiro atoms. The van der Waals surface area contributed by atoms with Gasteiger partial charge in [0.1, 0.15) is 11.8 Å². The van der Waals surface area contributed by atoms with Crippen LogP contribution >= 0.6 is 0 Å². The molecule has 1 unspecified atom stereocenters. The topological polar surface area (TPSA) is 67.4 Å². The molecule has 0 aliphatic heterocycles. The summed E-state index contributed by atoms with van der Waals surface area (Å²) in [7, 11) is 1.64. The van der Waals surface area contributed by atoms with Gasteiger partial charge in [0, 0.05) is 5.54 Å². The molecule has 0 radical (unpaired) electrons. The van der Waals surface area contributed by atoms with E-state index in [1.165, 1.54) is 0 Å². The molecule has 2 aromatic rings. The fourth-order valence-corrected chi connectivity index (χ4v) is 2.67. The maximum atomic E-state index is 12.5. The summed E-state index contributed by atoms with van der Waals surface area (Å²) in [4.78, 5) is 24.7. The van der Waals surface area contributed by atoms with Crippen molar-refractivity contribution >= 4 is 22.6 Å². The van der Waals surface area contributed by atoms with Crippen molar-refractivity contribution in [3.05, 3.63) is 42.0 Å². The van der Waals surface area contributed by atoms with Crippen molar-refractivity contribution in [3.63, 3.8) is 0 Å². The Balaban J connectivity index is 2.10. The summed E-state index contributed by atoms with van der Waals surface area (Å²) in [5.74, 6) is 0.0826. The zero-order valence-corrected chi connectivity index (χ0v) is 16.3. The fraction of sp³-hybridized carbons (Fsp3) is 0.429. The van der Waals surface area contributed by atoms with Crippen LogP contribution in [0, 0.1) is 0 Å². The lowest BCUT2D eigenvalue weighted by Crippen LogP contribution is -2.51. The molecule has 0 bridgehead atoms. The van der Waals surface area contributed by atoms with Gasteiger partial charge < -0.3 is 15.4 Å². The van der Waals surface area contributed by atoms with E-state index >= 15 is 0 Å². The van der Waals surface area contributed by atoms with Gasteiger partial charge in [0.05, 0.1) is 13.0 Å². The number of carbonyl (C=O) groups excluding carboxylic acids is 2. The number of amides is 2. The van der Waals surface area contributed by atoms with Crippen molar-refractivity contribution in [2.45, 2.75) is 52.1 Å². The minimum atomic E-state index is -0.589. The number of fused-ring (bicyclic) bond motifs is 1. The second-order valence-electron chi connectivity index (χ2n) is 7.66. The highest BCUT2D eigenvalue weighted by Crippen LogP contribution is 2.25. The van der Waals surface area contributed by atoms with Crippen molar-refractivity contribution in [3.8, 4) is 5.75 Å². The minimum absolute atomic E-state index is 0.172. The minimum Gasteiger partial charge on any atom is -0.497 e. The molecule has 2 aromatic carbocycles. The Morgan fingerprint density at radius 1 is 0.962 bits per heavy atom. The standard InChI is InChI=1S/C21H28N2O3/c1-13(19(24)22-14(2)20(25)23-21(3,4)5)15-7-8-17-12-18(26-6)10-9-16(17)11-15/h7-14H,1-6H3,(H,22,24)(H,23,25)/t13-,14?/m0/s1. The van der Waals surface area contributed by atoms with E-state index in [9.17, 15) is 9.59 Å². The fourth-order valence-electron chi connectivity index (χ4n) is 2.67. The van der Waals surface area contributed by atoms with Gasteiger partial charge in [-0.2, -0.15) is 0 Å². The van der Waals surface area contributed by atoms with Crippen molar-refractivity contribution in [1.29, 1.82) is 0 Å². The predicted octanol–water partition coefficient (Wildman–Crippen LogP) is 3.37. The third kappa shape index (κ3) is 4.97. The predicted molar refractivity (Wildman–Crippen MR) is 104 cm³/mol. The maximum Gasteiger partial charge on any atom is 0.242 e. The molecule has 2 atom stereocenters. The third-order valence-corrected chi connectivity index (χ3v) is 4.21. The van der Waals surface area contributed by atoms with Crippen LogP contribution in [0.5, 0.6) is 5.75 Å². The third-order valence-electron chi connectivity index (χ3n) is 4.21. The molecule has 2 N–H and O–H groups in total. The zero-order valence-electron chi connectivity index (χ0n) is 16.3. The van der Waals surface area contributed by atoms with Crippen LogP contribution in [0.3, 0.4) is 0 Å². The number of ether oxygens (including phenoxy) is 1. The van der Waals surface area contributed by atoms with Gasteiger partial charge in [-0.15, -0.1) is 0 Å². The van der Waals surface area contributed by atoms with E-state index in [0.29, 0.717) is 0 Å². The number of rotatable bonds is 5. The number of nitrogens with one attached hydrogen (secondary N) is 2. The average molecular weight is 356 g/mol. The van der Waals surface area contributed by atoms with E-state index in [1.807, 2.05) is 64.1 Å². The van der Waals surface area contributed by atoms with Gasteiger partial charge >= 0.3 is 0 Å². The average Bonchev–Trinajstić information content (AvgIpc) is 2.58. The summed E-state index contributed by atoms with van der Waals surface area (Å²) >= 11 is 0. The molecule has 0 saturated carbocycles. The highest BCUT2D eigenvalue weighted by Gasteiger charge is 2.23. The van der Waals surface area contributed by atoms with Crippen LogP contribution < -0.4 is 15.4 Å². The molecule has 0 aromatic heterocycles. The van der Waals surface area contributed by atoms with E-state index in [-0.39, 0.29) is 23.3 Å². The first-order valence-electron chi connectivity index (χ1n) is 8.81. The van der Waals surface area contributed by atoms with Crippen LogP contribution in [0.25, 0.3) is 10.8 Å². The van der Waals surface area contributed by atoms with Gasteiger partial charge in [-0.1, -0.05) is 24.3 Å². The van der Waals surface area contributed by atoms with Crippen molar-refractivity contribution in [2.75, 3.05) is 7.11 Å². The lowest BCUT2D eigenvalue weighted by molar-refractivity contribution is -0.130. The summed E-state index contributed by atoms with van der Waals surface area (Å²) in [5.41, 5.74) is 0.574. The van der Waals surface area contributed by atoms with Crippen molar-refractivity contribution in [1.82, 2.24) is 10.6 Å². The van der Waals surface area contributed by atoms with E-state index in [2.05, 4.69) is 10.6 Å². The molecule has 26 heavy (non-hydrogen) atoms. The van der Waals surface area contributed by atoms with Gasteiger partial charge in [-0.3, -0.25) is 9.59 Å². The van der Waals surface area contributed by atoms with Crippen molar-refractivity contribution in [2.24, 2.45) is 0 Å². The monoisotopic (exact) mass is 356 g/mol. The molecule has 0 heterocycles. The van der Waals surface area contributed by atoms with Crippen LogP contribution in [0.15, 0.2) is 36.4 Å². The summed E-state index contributed by atoms with van der Waals surface area (Å²) in [5, 5.41) is 7.77. The van der Waals surface area contributed by atoms with Gasteiger partial charge in [-0.25, -0.2) is 0 Å². The Bertz CT molecular complexity index is 808. The van der Waals surface area contributed by atoms with Gasteiger partial charge in [0.25, 0.3) is 0 Å². The summed E-state index contributed by atoms with van der Waals surface area (Å²) in [6.07, 6.45) is 0. The number of benzene rings is 2. The molecular weight excluding hydrogens is 328 g/mol. The molecule has 5 nitrogen and oxygen atoms in total. The number of carbonyl (C=O) groups is 2. The Kier molecular flexibility index (Phi) is 5.90. The maximum absolute atomic E-state index is 12.5. The molecule has 0 fully saturated rings. The number of hydrogen-bond donors (Lipinski definition) is 2. The highest BCUT2D eigenvalue weighted by molar-refractivity contribution is 5.91. The first kappa shape index (κ1) is 19.8. The van der Waals surface area contributed by atoms with Gasteiger partial charge in [0.15, 0.2) is 0 Å².